The summed E-state index contributed by atoms with van der Waals surface area (Å²) in [6, 6.07) is 24.3. The Kier molecular flexibility index (Phi) is 6.36. The number of β-amino-alcohol motifs (C(OH)–C–C–N with tert-alkyl or cyclic N) is 1. The highest BCUT2D eigenvalue weighted by Gasteiger charge is 2.20. The number of nitrogens with one attached hydrogen (secondary N) is 2. The van der Waals surface area contributed by atoms with Gasteiger partial charge in [-0.2, -0.15) is 5.10 Å². The van der Waals surface area contributed by atoms with E-state index >= 15 is 0 Å². The zero-order valence-corrected chi connectivity index (χ0v) is 21.2. The van der Waals surface area contributed by atoms with Crippen LogP contribution in [0.5, 0.6) is 0 Å². The summed E-state index contributed by atoms with van der Waals surface area (Å²) >= 11 is 1.40. The van der Waals surface area contributed by atoms with Gasteiger partial charge >= 0.3 is 0 Å². The van der Waals surface area contributed by atoms with Crippen LogP contribution in [0.4, 0.5) is 17.1 Å². The van der Waals surface area contributed by atoms with Gasteiger partial charge in [-0.1, -0.05) is 6.07 Å². The van der Waals surface area contributed by atoms with Gasteiger partial charge in [-0.3, -0.25) is 9.59 Å². The molecule has 0 spiro atoms. The molecule has 190 valence electrons. The van der Waals surface area contributed by atoms with Gasteiger partial charge < -0.3 is 20.6 Å². The lowest BCUT2D eigenvalue weighted by Crippen LogP contribution is -2.21. The molecule has 0 aliphatic carbocycles. The molecule has 1 aliphatic rings. The summed E-state index contributed by atoms with van der Waals surface area (Å²) in [4.78, 5) is 27.9. The van der Waals surface area contributed by atoms with Gasteiger partial charge in [0, 0.05) is 41.1 Å². The number of rotatable bonds is 6. The van der Waals surface area contributed by atoms with Crippen molar-refractivity contribution in [2.75, 3.05) is 28.6 Å². The van der Waals surface area contributed by atoms with Gasteiger partial charge in [0.05, 0.1) is 28.4 Å². The van der Waals surface area contributed by atoms with E-state index in [1.54, 1.807) is 24.4 Å². The maximum Gasteiger partial charge on any atom is 0.265 e. The molecule has 2 aromatic heterocycles. The number of nitrogens with zero attached hydrogens (tertiary/aromatic N) is 3. The SMILES string of the molecule is O=C(Nc1ccc2c(cnn2-c2ccc(NC(=O)c3cccs3)cc2)c1)c1ccc(N2CCC(O)C2)cc1. The van der Waals surface area contributed by atoms with Crippen molar-refractivity contribution in [1.29, 1.82) is 0 Å². The molecule has 1 aliphatic heterocycles. The average molecular weight is 524 g/mol. The van der Waals surface area contributed by atoms with Crippen LogP contribution in [0.2, 0.25) is 0 Å². The normalized spacial score (nSPS) is 15.1. The van der Waals surface area contributed by atoms with Gasteiger partial charge in [-0.05, 0) is 84.6 Å². The Hall–Kier alpha value is -4.47. The molecule has 1 fully saturated rings. The molecule has 6 rings (SSSR count). The molecule has 8 nitrogen and oxygen atoms in total. The molecule has 9 heteroatoms. The standard InChI is InChI=1S/C29H25N5O3S/c35-25-13-14-33(18-25)23-8-3-19(4-9-23)28(36)32-22-7-12-26-20(16-22)17-30-34(26)24-10-5-21(6-11-24)31-29(37)27-2-1-15-38-27/h1-12,15-17,25,35H,13-14,18H2,(H,31,37)(H,32,36). The predicted octanol–water partition coefficient (Wildman–Crippen LogP) is 5.16. The van der Waals surface area contributed by atoms with Gasteiger partial charge in [0.2, 0.25) is 0 Å². The molecule has 1 atom stereocenters. The lowest BCUT2D eigenvalue weighted by atomic mass is 10.1. The summed E-state index contributed by atoms with van der Waals surface area (Å²) in [6.45, 7) is 1.44. The van der Waals surface area contributed by atoms with Crippen LogP contribution in [0.15, 0.2) is 90.4 Å². The van der Waals surface area contributed by atoms with Gasteiger partial charge in [0.15, 0.2) is 0 Å². The van der Waals surface area contributed by atoms with Crippen LogP contribution in [-0.2, 0) is 0 Å². The van der Waals surface area contributed by atoms with Crippen LogP contribution in [-0.4, -0.2) is 45.9 Å². The highest BCUT2D eigenvalue weighted by Crippen LogP contribution is 2.25. The number of amides is 2. The maximum absolute atomic E-state index is 12.8. The summed E-state index contributed by atoms with van der Waals surface area (Å²) in [6.07, 6.45) is 2.23. The Bertz CT molecular complexity index is 1590. The molecule has 3 N–H and O–H groups in total. The minimum absolute atomic E-state index is 0.130. The minimum atomic E-state index is -0.291. The number of fused-ring (bicyclic) bond motifs is 1. The number of carbonyl (C=O) groups excluding carboxylic acids is 2. The van der Waals surface area contributed by atoms with Crippen LogP contribution < -0.4 is 15.5 Å². The molecule has 0 saturated carbocycles. The van der Waals surface area contributed by atoms with Gasteiger partial charge in [0.25, 0.3) is 11.8 Å². The molecule has 2 amide bonds. The van der Waals surface area contributed by atoms with E-state index < -0.39 is 0 Å². The maximum atomic E-state index is 12.8. The van der Waals surface area contributed by atoms with E-state index in [2.05, 4.69) is 20.6 Å². The first-order chi connectivity index (χ1) is 18.5. The Balaban J connectivity index is 1.13. The van der Waals surface area contributed by atoms with Crippen molar-refractivity contribution in [3.8, 4) is 5.69 Å². The molecule has 3 heterocycles. The number of hydrogen-bond donors (Lipinski definition) is 3. The Morgan fingerprint density at radius 1 is 0.895 bits per heavy atom. The van der Waals surface area contributed by atoms with Crippen molar-refractivity contribution in [3.05, 3.63) is 101 Å². The van der Waals surface area contributed by atoms with Crippen molar-refractivity contribution in [3.63, 3.8) is 0 Å². The summed E-state index contributed by atoms with van der Waals surface area (Å²) in [5.41, 5.74) is 4.72. The van der Waals surface area contributed by atoms with Crippen LogP contribution in [0.25, 0.3) is 16.6 Å². The zero-order valence-electron chi connectivity index (χ0n) is 20.4. The Morgan fingerprint density at radius 2 is 1.63 bits per heavy atom. The van der Waals surface area contributed by atoms with Crippen molar-refractivity contribution in [2.24, 2.45) is 0 Å². The molecule has 38 heavy (non-hydrogen) atoms. The van der Waals surface area contributed by atoms with E-state index in [0.29, 0.717) is 28.4 Å². The fraction of sp³-hybridized carbons (Fsp3) is 0.138. The number of aliphatic hydroxyl groups excluding tert-OH is 1. The molecular weight excluding hydrogens is 498 g/mol. The molecule has 3 aromatic carbocycles. The second-order valence-electron chi connectivity index (χ2n) is 9.20. The first-order valence-corrected chi connectivity index (χ1v) is 13.2. The van der Waals surface area contributed by atoms with Crippen LogP contribution in [0.1, 0.15) is 26.5 Å². The van der Waals surface area contributed by atoms with Crippen LogP contribution >= 0.6 is 11.3 Å². The molecule has 0 radical (unpaired) electrons. The van der Waals surface area contributed by atoms with E-state index in [1.165, 1.54) is 11.3 Å². The largest absolute Gasteiger partial charge is 0.391 e. The van der Waals surface area contributed by atoms with Gasteiger partial charge in [-0.25, -0.2) is 4.68 Å². The van der Waals surface area contributed by atoms with E-state index in [-0.39, 0.29) is 17.9 Å². The van der Waals surface area contributed by atoms with Crippen molar-refractivity contribution in [1.82, 2.24) is 9.78 Å². The number of benzene rings is 3. The lowest BCUT2D eigenvalue weighted by Gasteiger charge is -2.18. The molecule has 1 unspecified atom stereocenters. The van der Waals surface area contributed by atoms with E-state index in [0.717, 1.165) is 35.2 Å². The third kappa shape index (κ3) is 4.89. The van der Waals surface area contributed by atoms with Gasteiger partial charge in [-0.15, -0.1) is 11.3 Å². The van der Waals surface area contributed by atoms with Crippen molar-refractivity contribution in [2.45, 2.75) is 12.5 Å². The zero-order chi connectivity index (χ0) is 26.1. The van der Waals surface area contributed by atoms with Crippen molar-refractivity contribution < 1.29 is 14.7 Å². The third-order valence-electron chi connectivity index (χ3n) is 6.60. The highest BCUT2D eigenvalue weighted by molar-refractivity contribution is 7.12. The van der Waals surface area contributed by atoms with Crippen LogP contribution in [0.3, 0.4) is 0 Å². The summed E-state index contributed by atoms with van der Waals surface area (Å²) < 4.78 is 1.82. The van der Waals surface area contributed by atoms with Gasteiger partial charge in [0.1, 0.15) is 0 Å². The average Bonchev–Trinajstić information content (AvgIpc) is 3.70. The Morgan fingerprint density at radius 3 is 2.34 bits per heavy atom. The smallest absolute Gasteiger partial charge is 0.265 e. The second-order valence-corrected chi connectivity index (χ2v) is 10.1. The minimum Gasteiger partial charge on any atom is -0.391 e. The predicted molar refractivity (Wildman–Crippen MR) is 151 cm³/mol. The monoisotopic (exact) mass is 523 g/mol. The third-order valence-corrected chi connectivity index (χ3v) is 7.47. The molecule has 5 aromatic rings. The number of thiophene rings is 1. The highest BCUT2D eigenvalue weighted by atomic mass is 32.1. The first-order valence-electron chi connectivity index (χ1n) is 12.3. The second kappa shape index (κ2) is 10.1. The first kappa shape index (κ1) is 23.9. The van der Waals surface area contributed by atoms with Crippen molar-refractivity contribution >= 4 is 51.1 Å². The van der Waals surface area contributed by atoms with E-state index in [9.17, 15) is 14.7 Å². The van der Waals surface area contributed by atoms with Crippen LogP contribution in [0, 0.1) is 0 Å². The Labute approximate surface area is 223 Å². The molecule has 1 saturated heterocycles. The fourth-order valence-electron chi connectivity index (χ4n) is 4.61. The summed E-state index contributed by atoms with van der Waals surface area (Å²) in [5.74, 6) is -0.320. The number of carbonyl (C=O) groups is 2. The topological polar surface area (TPSA) is 99.5 Å². The number of anilines is 3. The number of hydrogen-bond acceptors (Lipinski definition) is 6. The molecular formula is C29H25N5O3S. The summed E-state index contributed by atoms with van der Waals surface area (Å²) in [7, 11) is 0. The molecule has 0 bridgehead atoms. The number of aromatic nitrogens is 2. The fourth-order valence-corrected chi connectivity index (χ4v) is 5.23. The van der Waals surface area contributed by atoms with E-state index in [1.807, 2.05) is 70.7 Å². The quantitative estimate of drug-likeness (QED) is 0.285. The van der Waals surface area contributed by atoms with E-state index in [4.69, 9.17) is 0 Å². The lowest BCUT2D eigenvalue weighted by molar-refractivity contribution is 0.102. The number of aliphatic hydroxyl groups is 1. The summed E-state index contributed by atoms with van der Waals surface area (Å²) in [5, 5.41) is 22.9.